The number of pyridine rings is 1. The normalized spacial score (nSPS) is 10.7. The van der Waals surface area contributed by atoms with Crippen LogP contribution in [0.15, 0.2) is 67.1 Å². The first kappa shape index (κ1) is 19.4. The van der Waals surface area contributed by atoms with E-state index >= 15 is 0 Å². The maximum absolute atomic E-state index is 14.1. The Balaban J connectivity index is 1.51. The van der Waals surface area contributed by atoms with Crippen molar-refractivity contribution >= 4 is 5.91 Å². The molecule has 0 aliphatic carbocycles. The molecule has 0 fully saturated rings. The molecule has 3 heterocycles. The van der Waals surface area contributed by atoms with E-state index in [0.29, 0.717) is 35.5 Å². The first-order valence-corrected chi connectivity index (χ1v) is 9.44. The number of amides is 1. The van der Waals surface area contributed by atoms with Gasteiger partial charge in [0.1, 0.15) is 5.82 Å². The van der Waals surface area contributed by atoms with Crippen molar-refractivity contribution in [2.45, 2.75) is 13.3 Å². The average Bonchev–Trinajstić information content (AvgIpc) is 3.16. The Morgan fingerprint density at radius 1 is 1.07 bits per heavy atom. The number of aromatic nitrogens is 5. The molecule has 30 heavy (non-hydrogen) atoms. The highest BCUT2D eigenvalue weighted by atomic mass is 19.1. The van der Waals surface area contributed by atoms with E-state index in [2.05, 4.69) is 25.4 Å². The molecule has 3 aromatic heterocycles. The SMILES string of the molecule is Cc1c(C(=O)NCCc2ccccn2)cnn1-c1nccc(-c2ccccc2F)n1. The van der Waals surface area contributed by atoms with Crippen LogP contribution < -0.4 is 5.32 Å². The second-order valence-corrected chi connectivity index (χ2v) is 6.60. The third-order valence-corrected chi connectivity index (χ3v) is 4.63. The zero-order valence-corrected chi connectivity index (χ0v) is 16.3. The maximum atomic E-state index is 14.1. The van der Waals surface area contributed by atoms with Gasteiger partial charge in [-0.25, -0.2) is 19.0 Å². The molecule has 0 saturated carbocycles. The van der Waals surface area contributed by atoms with Crippen molar-refractivity contribution in [3.8, 4) is 17.2 Å². The van der Waals surface area contributed by atoms with Crippen molar-refractivity contribution < 1.29 is 9.18 Å². The zero-order valence-electron chi connectivity index (χ0n) is 16.3. The first-order chi connectivity index (χ1) is 14.6. The third-order valence-electron chi connectivity index (χ3n) is 4.63. The molecule has 1 N–H and O–H groups in total. The molecular weight excluding hydrogens is 383 g/mol. The summed E-state index contributed by atoms with van der Waals surface area (Å²) in [6.45, 7) is 2.22. The Labute approximate surface area is 172 Å². The molecule has 0 unspecified atom stereocenters. The molecule has 0 saturated heterocycles. The molecule has 150 valence electrons. The standard InChI is InChI=1S/C22H19FN6O/c1-15-18(21(30)25-12-9-16-6-4-5-11-24-16)14-27-29(15)22-26-13-10-20(28-22)17-7-2-3-8-19(17)23/h2-8,10-11,13-14H,9,12H2,1H3,(H,25,30). The number of carbonyl (C=O) groups excluding carboxylic acids is 1. The lowest BCUT2D eigenvalue weighted by Gasteiger charge is -2.07. The van der Waals surface area contributed by atoms with Gasteiger partial charge in [0.2, 0.25) is 0 Å². The largest absolute Gasteiger partial charge is 0.352 e. The number of benzene rings is 1. The molecule has 1 aromatic carbocycles. The minimum atomic E-state index is -0.368. The van der Waals surface area contributed by atoms with E-state index < -0.39 is 0 Å². The second-order valence-electron chi connectivity index (χ2n) is 6.60. The minimum absolute atomic E-state index is 0.236. The highest BCUT2D eigenvalue weighted by Gasteiger charge is 2.17. The van der Waals surface area contributed by atoms with Gasteiger partial charge in [0.25, 0.3) is 11.9 Å². The predicted octanol–water partition coefficient (Wildman–Crippen LogP) is 3.14. The molecule has 0 bridgehead atoms. The van der Waals surface area contributed by atoms with Gasteiger partial charge in [0.05, 0.1) is 23.1 Å². The van der Waals surface area contributed by atoms with E-state index in [0.717, 1.165) is 5.69 Å². The van der Waals surface area contributed by atoms with E-state index in [9.17, 15) is 9.18 Å². The Morgan fingerprint density at radius 3 is 2.70 bits per heavy atom. The molecule has 7 nitrogen and oxygen atoms in total. The first-order valence-electron chi connectivity index (χ1n) is 9.44. The molecule has 0 atom stereocenters. The van der Waals surface area contributed by atoms with E-state index in [1.54, 1.807) is 37.4 Å². The third kappa shape index (κ3) is 4.07. The van der Waals surface area contributed by atoms with Crippen molar-refractivity contribution in [3.63, 3.8) is 0 Å². The zero-order chi connectivity index (χ0) is 20.9. The molecular formula is C22H19FN6O. The van der Waals surface area contributed by atoms with Crippen LogP contribution in [0.1, 0.15) is 21.7 Å². The van der Waals surface area contributed by atoms with Gasteiger partial charge in [-0.15, -0.1) is 0 Å². The smallest absolute Gasteiger partial charge is 0.254 e. The fourth-order valence-electron chi connectivity index (χ4n) is 3.05. The Kier molecular flexibility index (Phi) is 5.56. The van der Waals surface area contributed by atoms with Gasteiger partial charge >= 0.3 is 0 Å². The van der Waals surface area contributed by atoms with Crippen molar-refractivity contribution in [2.75, 3.05) is 6.54 Å². The summed E-state index contributed by atoms with van der Waals surface area (Å²) in [6.07, 6.45) is 5.37. The number of rotatable bonds is 6. The summed E-state index contributed by atoms with van der Waals surface area (Å²) < 4.78 is 15.6. The van der Waals surface area contributed by atoms with Crippen molar-refractivity contribution in [1.29, 1.82) is 0 Å². The second kappa shape index (κ2) is 8.60. The number of hydrogen-bond acceptors (Lipinski definition) is 5. The Morgan fingerprint density at radius 2 is 1.90 bits per heavy atom. The summed E-state index contributed by atoms with van der Waals surface area (Å²) in [5.74, 6) is -0.340. The molecule has 1 amide bonds. The number of hydrogen-bond donors (Lipinski definition) is 1. The highest BCUT2D eigenvalue weighted by molar-refractivity contribution is 5.95. The summed E-state index contributed by atoms with van der Waals surface area (Å²) >= 11 is 0. The van der Waals surface area contributed by atoms with Crippen molar-refractivity contribution in [2.24, 2.45) is 0 Å². The van der Waals surface area contributed by atoms with Gasteiger partial charge in [-0.2, -0.15) is 5.10 Å². The van der Waals surface area contributed by atoms with Crippen LogP contribution in [0, 0.1) is 12.7 Å². The quantitative estimate of drug-likeness (QED) is 0.536. The van der Waals surface area contributed by atoms with Crippen LogP contribution in [0.4, 0.5) is 4.39 Å². The van der Waals surface area contributed by atoms with Gasteiger partial charge in [-0.05, 0) is 37.3 Å². The molecule has 0 radical (unpaired) electrons. The topological polar surface area (TPSA) is 85.6 Å². The predicted molar refractivity (Wildman–Crippen MR) is 110 cm³/mol. The van der Waals surface area contributed by atoms with Crippen molar-refractivity contribution in [1.82, 2.24) is 30.0 Å². The van der Waals surface area contributed by atoms with Crippen LogP contribution in [0.3, 0.4) is 0 Å². The summed E-state index contributed by atoms with van der Waals surface area (Å²) in [6, 6.07) is 13.7. The van der Waals surface area contributed by atoms with Gasteiger partial charge in [0, 0.05) is 36.6 Å². The van der Waals surface area contributed by atoms with Crippen LogP contribution in [0.2, 0.25) is 0 Å². The average molecular weight is 402 g/mol. The van der Waals surface area contributed by atoms with Gasteiger partial charge in [0.15, 0.2) is 0 Å². The van der Waals surface area contributed by atoms with E-state index in [1.807, 2.05) is 18.2 Å². The summed E-state index contributed by atoms with van der Waals surface area (Å²) in [4.78, 5) is 25.4. The van der Waals surface area contributed by atoms with Crippen LogP contribution in [-0.4, -0.2) is 37.2 Å². The lowest BCUT2D eigenvalue weighted by Crippen LogP contribution is -2.26. The molecule has 0 aliphatic heterocycles. The number of halogens is 1. The summed E-state index contributed by atoms with van der Waals surface area (Å²) in [5, 5.41) is 7.13. The Bertz CT molecular complexity index is 1180. The molecule has 0 aliphatic rings. The number of carbonyl (C=O) groups is 1. The van der Waals surface area contributed by atoms with Crippen LogP contribution >= 0.6 is 0 Å². The van der Waals surface area contributed by atoms with Gasteiger partial charge in [-0.3, -0.25) is 9.78 Å². The monoisotopic (exact) mass is 402 g/mol. The summed E-state index contributed by atoms with van der Waals surface area (Å²) in [7, 11) is 0. The number of nitrogens with one attached hydrogen (secondary N) is 1. The lowest BCUT2D eigenvalue weighted by atomic mass is 10.1. The highest BCUT2D eigenvalue weighted by Crippen LogP contribution is 2.21. The minimum Gasteiger partial charge on any atom is -0.352 e. The molecule has 4 aromatic rings. The maximum Gasteiger partial charge on any atom is 0.254 e. The van der Waals surface area contributed by atoms with E-state index in [4.69, 9.17) is 0 Å². The van der Waals surface area contributed by atoms with Crippen LogP contribution in [0.5, 0.6) is 0 Å². The van der Waals surface area contributed by atoms with Crippen LogP contribution in [0.25, 0.3) is 17.2 Å². The van der Waals surface area contributed by atoms with Crippen LogP contribution in [-0.2, 0) is 6.42 Å². The molecule has 4 rings (SSSR count). The number of nitrogens with zero attached hydrogens (tertiary/aromatic N) is 5. The van der Waals surface area contributed by atoms with Crippen molar-refractivity contribution in [3.05, 3.63) is 89.9 Å². The molecule has 8 heteroatoms. The molecule has 0 spiro atoms. The lowest BCUT2D eigenvalue weighted by molar-refractivity contribution is 0.0953. The van der Waals surface area contributed by atoms with E-state index in [1.165, 1.54) is 23.1 Å². The fourth-order valence-corrected chi connectivity index (χ4v) is 3.05. The Hall–Kier alpha value is -3.94. The van der Waals surface area contributed by atoms with E-state index in [-0.39, 0.29) is 17.7 Å². The fraction of sp³-hybridized carbons (Fsp3) is 0.136. The summed E-state index contributed by atoms with van der Waals surface area (Å²) in [5.41, 5.74) is 2.74. The van der Waals surface area contributed by atoms with Gasteiger partial charge < -0.3 is 5.32 Å². The van der Waals surface area contributed by atoms with Gasteiger partial charge in [-0.1, -0.05) is 18.2 Å².